The maximum absolute atomic E-state index is 13.6. The Morgan fingerprint density at radius 1 is 1.12 bits per heavy atom. The van der Waals surface area contributed by atoms with Gasteiger partial charge in [-0.2, -0.15) is 4.98 Å². The summed E-state index contributed by atoms with van der Waals surface area (Å²) in [6, 6.07) is 14.9. The van der Waals surface area contributed by atoms with E-state index in [1.807, 2.05) is 6.92 Å². The number of rotatable bonds is 6. The molecule has 0 saturated carbocycles. The normalized spacial score (nSPS) is 11.3. The van der Waals surface area contributed by atoms with Crippen LogP contribution in [-0.2, 0) is 6.54 Å². The molecule has 0 amide bonds. The SMILES string of the molecule is CCn1cc(-c2cc3ccc(OCC(F)F)nc3n(-c3ccc(Cl)cc3)c2=O)ccc1=N. The fourth-order valence-corrected chi connectivity index (χ4v) is 3.52. The molecule has 3 aromatic heterocycles. The molecule has 1 N–H and O–H groups in total. The molecule has 164 valence electrons. The third-order valence-corrected chi connectivity index (χ3v) is 5.20. The van der Waals surface area contributed by atoms with Crippen molar-refractivity contribution in [1.29, 1.82) is 5.41 Å². The molecule has 0 aliphatic rings. The average molecular weight is 457 g/mol. The van der Waals surface area contributed by atoms with Crippen LogP contribution in [0.5, 0.6) is 5.88 Å². The Morgan fingerprint density at radius 2 is 1.88 bits per heavy atom. The average Bonchev–Trinajstić information content (AvgIpc) is 2.78. The largest absolute Gasteiger partial charge is 0.472 e. The molecule has 0 radical (unpaired) electrons. The zero-order valence-corrected chi connectivity index (χ0v) is 17.8. The van der Waals surface area contributed by atoms with E-state index in [9.17, 15) is 13.6 Å². The lowest BCUT2D eigenvalue weighted by Crippen LogP contribution is -2.23. The lowest BCUT2D eigenvalue weighted by Gasteiger charge is -2.15. The first-order valence-electron chi connectivity index (χ1n) is 9.86. The predicted molar refractivity (Wildman–Crippen MR) is 119 cm³/mol. The van der Waals surface area contributed by atoms with Crippen molar-refractivity contribution >= 4 is 22.6 Å². The molecule has 0 bridgehead atoms. The van der Waals surface area contributed by atoms with Crippen molar-refractivity contribution in [3.05, 3.63) is 81.7 Å². The van der Waals surface area contributed by atoms with Gasteiger partial charge in [-0.05, 0) is 55.5 Å². The van der Waals surface area contributed by atoms with Gasteiger partial charge in [-0.3, -0.25) is 14.8 Å². The molecule has 4 aromatic rings. The van der Waals surface area contributed by atoms with Crippen LogP contribution in [-0.4, -0.2) is 27.2 Å². The van der Waals surface area contributed by atoms with Crippen molar-refractivity contribution in [2.75, 3.05) is 6.61 Å². The monoisotopic (exact) mass is 456 g/mol. The highest BCUT2D eigenvalue weighted by atomic mass is 35.5. The molecular weight excluding hydrogens is 438 g/mol. The number of benzene rings is 1. The summed E-state index contributed by atoms with van der Waals surface area (Å²) in [7, 11) is 0. The summed E-state index contributed by atoms with van der Waals surface area (Å²) >= 11 is 6.01. The molecule has 0 unspecified atom stereocenters. The Bertz CT molecular complexity index is 1400. The van der Waals surface area contributed by atoms with E-state index in [0.29, 0.717) is 39.3 Å². The van der Waals surface area contributed by atoms with Gasteiger partial charge in [0, 0.05) is 40.3 Å². The molecule has 0 aliphatic carbocycles. The van der Waals surface area contributed by atoms with Crippen LogP contribution in [0.1, 0.15) is 6.92 Å². The van der Waals surface area contributed by atoms with Crippen LogP contribution in [0.4, 0.5) is 8.78 Å². The van der Waals surface area contributed by atoms with Crippen molar-refractivity contribution in [2.24, 2.45) is 0 Å². The Morgan fingerprint density at radius 3 is 2.56 bits per heavy atom. The highest BCUT2D eigenvalue weighted by Crippen LogP contribution is 2.25. The second kappa shape index (κ2) is 8.92. The number of hydrogen-bond donors (Lipinski definition) is 1. The van der Waals surface area contributed by atoms with Crippen molar-refractivity contribution in [3.8, 4) is 22.7 Å². The van der Waals surface area contributed by atoms with Gasteiger partial charge in [-0.1, -0.05) is 11.6 Å². The van der Waals surface area contributed by atoms with Crippen LogP contribution in [0.15, 0.2) is 65.6 Å². The van der Waals surface area contributed by atoms with E-state index in [-0.39, 0.29) is 17.1 Å². The number of halogens is 3. The fraction of sp³-hybridized carbons (Fsp3) is 0.174. The smallest absolute Gasteiger partial charge is 0.272 e. The van der Waals surface area contributed by atoms with E-state index < -0.39 is 13.0 Å². The van der Waals surface area contributed by atoms with Gasteiger partial charge in [-0.15, -0.1) is 0 Å². The molecule has 4 rings (SSSR count). The summed E-state index contributed by atoms with van der Waals surface area (Å²) in [6.45, 7) is 1.70. The molecule has 0 saturated heterocycles. The summed E-state index contributed by atoms with van der Waals surface area (Å²) in [5.74, 6) is -0.00459. The predicted octanol–water partition coefficient (Wildman–Crippen LogP) is 4.65. The third-order valence-electron chi connectivity index (χ3n) is 4.94. The van der Waals surface area contributed by atoms with Crippen LogP contribution < -0.4 is 15.8 Å². The molecule has 9 heteroatoms. The third kappa shape index (κ3) is 4.27. The van der Waals surface area contributed by atoms with Crippen molar-refractivity contribution < 1.29 is 13.5 Å². The number of nitrogens with one attached hydrogen (secondary N) is 1. The van der Waals surface area contributed by atoms with Gasteiger partial charge < -0.3 is 9.30 Å². The second-order valence-electron chi connectivity index (χ2n) is 7.03. The van der Waals surface area contributed by atoms with E-state index in [0.717, 1.165) is 0 Å². The molecule has 1 aromatic carbocycles. The lowest BCUT2D eigenvalue weighted by molar-refractivity contribution is 0.0797. The standard InChI is InChI=1S/C23H19ClF2N4O2/c1-2-29-12-15(3-9-20(29)27)18-11-14-4-10-21(32-13-19(25)26)28-22(14)30(23(18)31)17-7-5-16(24)6-8-17/h3-12,19,27H,2,13H2,1H3. The molecule has 0 aliphatic heterocycles. The number of aryl methyl sites for hydroxylation is 1. The van der Waals surface area contributed by atoms with Gasteiger partial charge in [0.2, 0.25) is 5.88 Å². The van der Waals surface area contributed by atoms with E-state index in [2.05, 4.69) is 4.98 Å². The van der Waals surface area contributed by atoms with Crippen LogP contribution in [0, 0.1) is 5.41 Å². The first-order valence-corrected chi connectivity index (χ1v) is 10.2. The molecule has 3 heterocycles. The maximum Gasteiger partial charge on any atom is 0.272 e. The summed E-state index contributed by atoms with van der Waals surface area (Å²) in [5, 5.41) is 9.12. The first kappa shape index (κ1) is 21.7. The molecule has 6 nitrogen and oxygen atoms in total. The second-order valence-corrected chi connectivity index (χ2v) is 7.46. The molecule has 0 fully saturated rings. The summed E-state index contributed by atoms with van der Waals surface area (Å²) in [6.07, 6.45) is -0.886. The number of nitrogens with zero attached hydrogens (tertiary/aromatic N) is 3. The van der Waals surface area contributed by atoms with Crippen LogP contribution in [0.25, 0.3) is 27.8 Å². The number of ether oxygens (including phenoxy) is 1. The number of fused-ring (bicyclic) bond motifs is 1. The van der Waals surface area contributed by atoms with E-state index in [1.54, 1.807) is 59.3 Å². The zero-order valence-electron chi connectivity index (χ0n) is 17.1. The lowest BCUT2D eigenvalue weighted by atomic mass is 10.1. The number of aromatic nitrogens is 3. The van der Waals surface area contributed by atoms with Gasteiger partial charge in [0.15, 0.2) is 12.3 Å². The van der Waals surface area contributed by atoms with Crippen LogP contribution >= 0.6 is 11.6 Å². The number of alkyl halides is 2. The van der Waals surface area contributed by atoms with Gasteiger partial charge in [-0.25, -0.2) is 8.78 Å². The van der Waals surface area contributed by atoms with Gasteiger partial charge in [0.1, 0.15) is 5.49 Å². The Labute approximate surface area is 186 Å². The minimum Gasteiger partial charge on any atom is -0.472 e. The Kier molecular flexibility index (Phi) is 6.05. The minimum atomic E-state index is -2.64. The zero-order chi connectivity index (χ0) is 22.8. The topological polar surface area (TPSA) is 72.9 Å². The van der Waals surface area contributed by atoms with Crippen molar-refractivity contribution in [1.82, 2.24) is 14.1 Å². The van der Waals surface area contributed by atoms with Gasteiger partial charge in [0.05, 0.1) is 5.69 Å². The quantitative estimate of drug-likeness (QED) is 0.459. The van der Waals surface area contributed by atoms with E-state index in [1.165, 1.54) is 10.6 Å². The molecule has 0 atom stereocenters. The van der Waals surface area contributed by atoms with Crippen LogP contribution in [0.3, 0.4) is 0 Å². The summed E-state index contributed by atoms with van der Waals surface area (Å²) in [4.78, 5) is 17.9. The highest BCUT2D eigenvalue weighted by molar-refractivity contribution is 6.30. The Hall–Kier alpha value is -3.52. The summed E-state index contributed by atoms with van der Waals surface area (Å²) < 4.78 is 33.3. The van der Waals surface area contributed by atoms with Gasteiger partial charge in [0.25, 0.3) is 12.0 Å². The first-order chi connectivity index (χ1) is 15.4. The maximum atomic E-state index is 13.6. The van der Waals surface area contributed by atoms with E-state index >= 15 is 0 Å². The number of hydrogen-bond acceptors (Lipinski definition) is 4. The van der Waals surface area contributed by atoms with E-state index in [4.69, 9.17) is 21.7 Å². The minimum absolute atomic E-state index is 0.00459. The Balaban J connectivity index is 1.99. The summed E-state index contributed by atoms with van der Waals surface area (Å²) in [5.41, 5.74) is 1.84. The van der Waals surface area contributed by atoms with Crippen molar-refractivity contribution in [2.45, 2.75) is 19.9 Å². The van der Waals surface area contributed by atoms with Crippen LogP contribution in [0.2, 0.25) is 5.02 Å². The molecule has 0 spiro atoms. The number of pyridine rings is 3. The van der Waals surface area contributed by atoms with Gasteiger partial charge >= 0.3 is 0 Å². The van der Waals surface area contributed by atoms with Crippen molar-refractivity contribution in [3.63, 3.8) is 0 Å². The molecular formula is C23H19ClF2N4O2. The highest BCUT2D eigenvalue weighted by Gasteiger charge is 2.16. The molecule has 32 heavy (non-hydrogen) atoms. The fourth-order valence-electron chi connectivity index (χ4n) is 3.40.